The highest BCUT2D eigenvalue weighted by atomic mass is 16.2. The van der Waals surface area contributed by atoms with E-state index in [1.807, 2.05) is 29.8 Å². The summed E-state index contributed by atoms with van der Waals surface area (Å²) in [7, 11) is 1.44. The maximum Gasteiger partial charge on any atom is 0.314 e. The Hall–Kier alpha value is -2.67. The van der Waals surface area contributed by atoms with Gasteiger partial charge in [-0.1, -0.05) is 30.3 Å². The first kappa shape index (κ1) is 17.2. The Morgan fingerprint density at radius 3 is 2.72 bits per heavy atom. The van der Waals surface area contributed by atoms with Crippen molar-refractivity contribution in [3.05, 3.63) is 47.7 Å². The summed E-state index contributed by atoms with van der Waals surface area (Å²) in [6, 6.07) is 10.5. The van der Waals surface area contributed by atoms with Crippen LogP contribution in [0.25, 0.3) is 0 Å². The molecule has 1 aliphatic heterocycles. The van der Waals surface area contributed by atoms with Gasteiger partial charge in [0.15, 0.2) is 0 Å². The average molecular weight is 341 g/mol. The van der Waals surface area contributed by atoms with E-state index in [0.29, 0.717) is 5.82 Å². The first-order valence-electron chi connectivity index (χ1n) is 8.42. The number of carbonyl (C=O) groups is 2. The normalized spacial score (nSPS) is 17.4. The number of nitrogens with one attached hydrogen (secondary N) is 2. The van der Waals surface area contributed by atoms with Gasteiger partial charge >= 0.3 is 11.8 Å². The van der Waals surface area contributed by atoms with Crippen molar-refractivity contribution >= 4 is 17.6 Å². The summed E-state index contributed by atoms with van der Waals surface area (Å²) in [6.45, 7) is 4.61. The number of hydrogen-bond donors (Lipinski definition) is 2. The molecule has 1 aromatic carbocycles. The second-order valence-corrected chi connectivity index (χ2v) is 6.32. The minimum atomic E-state index is -0.675. The summed E-state index contributed by atoms with van der Waals surface area (Å²) in [5.41, 5.74) is 2.13. The van der Waals surface area contributed by atoms with Gasteiger partial charge in [-0.15, -0.1) is 0 Å². The predicted molar refractivity (Wildman–Crippen MR) is 95.0 cm³/mol. The zero-order valence-electron chi connectivity index (χ0n) is 14.5. The van der Waals surface area contributed by atoms with Gasteiger partial charge in [0, 0.05) is 32.2 Å². The van der Waals surface area contributed by atoms with Gasteiger partial charge in [-0.05, 0) is 18.9 Å². The second-order valence-electron chi connectivity index (χ2n) is 6.32. The lowest BCUT2D eigenvalue weighted by molar-refractivity contribution is -0.135. The van der Waals surface area contributed by atoms with Crippen molar-refractivity contribution in [2.75, 3.05) is 25.5 Å². The smallest absolute Gasteiger partial charge is 0.314 e. The predicted octanol–water partition coefficient (Wildman–Crippen LogP) is 1.32. The van der Waals surface area contributed by atoms with Crippen LogP contribution >= 0.6 is 0 Å². The lowest BCUT2D eigenvalue weighted by Crippen LogP contribution is -2.34. The van der Waals surface area contributed by atoms with E-state index in [4.69, 9.17) is 0 Å². The zero-order chi connectivity index (χ0) is 17.8. The van der Waals surface area contributed by atoms with Crippen LogP contribution in [-0.2, 0) is 16.1 Å². The lowest BCUT2D eigenvalue weighted by Gasteiger charge is -2.18. The van der Waals surface area contributed by atoms with E-state index in [2.05, 4.69) is 32.8 Å². The quantitative estimate of drug-likeness (QED) is 0.822. The highest BCUT2D eigenvalue weighted by molar-refractivity contribution is 6.39. The van der Waals surface area contributed by atoms with Crippen LogP contribution < -0.4 is 10.6 Å². The van der Waals surface area contributed by atoms with Crippen molar-refractivity contribution in [2.24, 2.45) is 0 Å². The van der Waals surface area contributed by atoms with Crippen molar-refractivity contribution in [2.45, 2.75) is 25.9 Å². The van der Waals surface area contributed by atoms with Gasteiger partial charge in [-0.3, -0.25) is 14.5 Å². The lowest BCUT2D eigenvalue weighted by atomic mass is 10.2. The number of amides is 2. The van der Waals surface area contributed by atoms with E-state index in [0.717, 1.165) is 31.6 Å². The molecule has 0 radical (unpaired) electrons. The first-order chi connectivity index (χ1) is 12.1. The molecule has 2 aromatic rings. The Labute approximate surface area is 147 Å². The van der Waals surface area contributed by atoms with E-state index in [9.17, 15) is 9.59 Å². The summed E-state index contributed by atoms with van der Waals surface area (Å²) >= 11 is 0. The molecule has 132 valence electrons. The number of hydrogen-bond acceptors (Lipinski definition) is 4. The molecular weight excluding hydrogens is 318 g/mol. The summed E-state index contributed by atoms with van der Waals surface area (Å²) < 4.78 is 1.83. The number of anilines is 1. The number of likely N-dealkylation sites (N-methyl/N-ethyl adjacent to an activating group) is 1. The number of rotatable bonds is 4. The van der Waals surface area contributed by atoms with E-state index in [1.54, 1.807) is 6.20 Å². The standard InChI is InChI=1S/C18H23N5O2/c1-13-10-20-23(16(13)21-18(25)17(24)19-2)15-8-9-22(12-15)11-14-6-4-3-5-7-14/h3-7,10,15H,8-9,11-12H2,1-2H3,(H,19,24)(H,21,25)/t15-/m0/s1. The second kappa shape index (κ2) is 7.48. The fraction of sp³-hybridized carbons (Fsp3) is 0.389. The fourth-order valence-electron chi connectivity index (χ4n) is 3.16. The van der Waals surface area contributed by atoms with Crippen LogP contribution in [-0.4, -0.2) is 46.6 Å². The molecule has 1 saturated heterocycles. The van der Waals surface area contributed by atoms with Crippen LogP contribution in [0.2, 0.25) is 0 Å². The van der Waals surface area contributed by atoms with Crippen LogP contribution in [0.1, 0.15) is 23.6 Å². The minimum Gasteiger partial charge on any atom is -0.351 e. The monoisotopic (exact) mass is 341 g/mol. The van der Waals surface area contributed by atoms with E-state index in [-0.39, 0.29) is 6.04 Å². The van der Waals surface area contributed by atoms with Crippen molar-refractivity contribution in [3.63, 3.8) is 0 Å². The molecule has 0 aliphatic carbocycles. The van der Waals surface area contributed by atoms with Gasteiger partial charge in [0.05, 0.1) is 12.2 Å². The highest BCUT2D eigenvalue weighted by Crippen LogP contribution is 2.27. The number of nitrogens with zero attached hydrogens (tertiary/aromatic N) is 3. The van der Waals surface area contributed by atoms with Crippen molar-refractivity contribution in [1.82, 2.24) is 20.0 Å². The molecule has 1 atom stereocenters. The molecule has 7 nitrogen and oxygen atoms in total. The molecule has 3 rings (SSSR count). The molecular formula is C18H23N5O2. The van der Waals surface area contributed by atoms with Crippen LogP contribution in [0.5, 0.6) is 0 Å². The number of aryl methyl sites for hydroxylation is 1. The molecule has 0 saturated carbocycles. The fourth-order valence-corrected chi connectivity index (χ4v) is 3.16. The number of benzene rings is 1. The molecule has 0 spiro atoms. The Balaban J connectivity index is 1.69. The first-order valence-corrected chi connectivity index (χ1v) is 8.42. The molecule has 2 N–H and O–H groups in total. The van der Waals surface area contributed by atoms with E-state index >= 15 is 0 Å². The summed E-state index contributed by atoms with van der Waals surface area (Å²) in [5, 5.41) is 9.43. The molecule has 1 fully saturated rings. The third-order valence-electron chi connectivity index (χ3n) is 4.49. The van der Waals surface area contributed by atoms with Crippen molar-refractivity contribution in [1.29, 1.82) is 0 Å². The third kappa shape index (κ3) is 3.88. The number of aromatic nitrogens is 2. The van der Waals surface area contributed by atoms with Gasteiger partial charge in [-0.25, -0.2) is 4.68 Å². The summed E-state index contributed by atoms with van der Waals surface area (Å²) in [6.07, 6.45) is 2.68. The molecule has 0 bridgehead atoms. The summed E-state index contributed by atoms with van der Waals surface area (Å²) in [4.78, 5) is 25.7. The largest absolute Gasteiger partial charge is 0.351 e. The molecule has 0 unspecified atom stereocenters. The van der Waals surface area contributed by atoms with Gasteiger partial charge in [0.25, 0.3) is 0 Å². The maximum absolute atomic E-state index is 11.9. The molecule has 7 heteroatoms. The topological polar surface area (TPSA) is 79.3 Å². The maximum atomic E-state index is 11.9. The minimum absolute atomic E-state index is 0.178. The Bertz CT molecular complexity index is 756. The molecule has 1 aromatic heterocycles. The van der Waals surface area contributed by atoms with Crippen LogP contribution in [0.4, 0.5) is 5.82 Å². The van der Waals surface area contributed by atoms with Gasteiger partial charge in [-0.2, -0.15) is 5.10 Å². The van der Waals surface area contributed by atoms with Crippen molar-refractivity contribution < 1.29 is 9.59 Å². The average Bonchev–Trinajstić information content (AvgIpc) is 3.22. The Morgan fingerprint density at radius 1 is 1.24 bits per heavy atom. The summed E-state index contributed by atoms with van der Waals surface area (Å²) in [5.74, 6) is -0.740. The number of likely N-dealkylation sites (tertiary alicyclic amines) is 1. The van der Waals surface area contributed by atoms with E-state index < -0.39 is 11.8 Å². The van der Waals surface area contributed by atoms with E-state index in [1.165, 1.54) is 12.6 Å². The Morgan fingerprint density at radius 2 is 2.00 bits per heavy atom. The number of carbonyl (C=O) groups excluding carboxylic acids is 2. The molecule has 2 heterocycles. The third-order valence-corrected chi connectivity index (χ3v) is 4.49. The van der Waals surface area contributed by atoms with Crippen LogP contribution in [0.3, 0.4) is 0 Å². The van der Waals surface area contributed by atoms with Gasteiger partial charge in [0.2, 0.25) is 0 Å². The molecule has 2 amide bonds. The van der Waals surface area contributed by atoms with Gasteiger partial charge < -0.3 is 10.6 Å². The van der Waals surface area contributed by atoms with Crippen LogP contribution in [0, 0.1) is 6.92 Å². The zero-order valence-corrected chi connectivity index (χ0v) is 14.5. The van der Waals surface area contributed by atoms with Crippen molar-refractivity contribution in [3.8, 4) is 0 Å². The Kier molecular flexibility index (Phi) is 5.14. The highest BCUT2D eigenvalue weighted by Gasteiger charge is 2.27. The van der Waals surface area contributed by atoms with Gasteiger partial charge in [0.1, 0.15) is 5.82 Å². The van der Waals surface area contributed by atoms with Crippen LogP contribution in [0.15, 0.2) is 36.5 Å². The molecule has 25 heavy (non-hydrogen) atoms. The molecule has 1 aliphatic rings. The SMILES string of the molecule is CNC(=O)C(=O)Nc1c(C)cnn1[C@H]1CCN(Cc2ccccc2)C1.